The van der Waals surface area contributed by atoms with E-state index in [-0.39, 0.29) is 0 Å². The van der Waals surface area contributed by atoms with Gasteiger partial charge in [-0.2, -0.15) is 0 Å². The minimum absolute atomic E-state index is 0.727. The van der Waals surface area contributed by atoms with Crippen LogP contribution in [0.5, 0.6) is 0 Å². The topological polar surface area (TPSA) is 15.3 Å². The number of hydrogen-bond acceptors (Lipinski definition) is 2. The predicted octanol–water partition coefficient (Wildman–Crippen LogP) is 3.66. The maximum atomic E-state index is 3.72. The van der Waals surface area contributed by atoms with Crippen molar-refractivity contribution >= 4 is 0 Å². The third-order valence-electron chi connectivity index (χ3n) is 5.66. The van der Waals surface area contributed by atoms with Gasteiger partial charge in [-0.25, -0.2) is 0 Å². The van der Waals surface area contributed by atoms with Crippen LogP contribution in [0, 0.1) is 11.8 Å². The van der Waals surface area contributed by atoms with Crippen molar-refractivity contribution in [3.63, 3.8) is 0 Å². The van der Waals surface area contributed by atoms with Gasteiger partial charge in [-0.05, 0) is 50.4 Å². The Morgan fingerprint density at radius 2 is 1.74 bits per heavy atom. The van der Waals surface area contributed by atoms with Crippen molar-refractivity contribution in [2.45, 2.75) is 84.3 Å². The first kappa shape index (κ1) is 15.3. The Labute approximate surface area is 120 Å². The second kappa shape index (κ2) is 7.08. The lowest BCUT2D eigenvalue weighted by Gasteiger charge is -2.47. The SMILES string of the molecule is CCC1CN(C2CCC(C(C)C)CC2)C(CC)CN1. The Morgan fingerprint density at radius 1 is 1.05 bits per heavy atom. The first-order chi connectivity index (χ1) is 9.15. The minimum atomic E-state index is 0.727. The van der Waals surface area contributed by atoms with Crippen molar-refractivity contribution in [2.75, 3.05) is 13.1 Å². The molecule has 1 heterocycles. The van der Waals surface area contributed by atoms with E-state index in [2.05, 4.69) is 37.9 Å². The van der Waals surface area contributed by atoms with Gasteiger partial charge >= 0.3 is 0 Å². The standard InChI is InChI=1S/C17H34N2/c1-5-15-12-19(16(6-2)11-18-15)17-9-7-14(8-10-17)13(3)4/h13-18H,5-12H2,1-4H3. The maximum Gasteiger partial charge on any atom is 0.0221 e. The van der Waals surface area contributed by atoms with Gasteiger partial charge in [-0.15, -0.1) is 0 Å². The van der Waals surface area contributed by atoms with Crippen LogP contribution >= 0.6 is 0 Å². The summed E-state index contributed by atoms with van der Waals surface area (Å²) in [5.74, 6) is 1.87. The molecular formula is C17H34N2. The third kappa shape index (κ3) is 3.72. The Bertz CT molecular complexity index is 256. The van der Waals surface area contributed by atoms with E-state index < -0.39 is 0 Å². The third-order valence-corrected chi connectivity index (χ3v) is 5.66. The average Bonchev–Trinajstić information content (AvgIpc) is 2.46. The van der Waals surface area contributed by atoms with E-state index in [0.717, 1.165) is 30.0 Å². The Morgan fingerprint density at radius 3 is 2.26 bits per heavy atom. The molecular weight excluding hydrogens is 232 g/mol. The summed E-state index contributed by atoms with van der Waals surface area (Å²) >= 11 is 0. The molecule has 2 heteroatoms. The summed E-state index contributed by atoms with van der Waals surface area (Å²) in [5, 5.41) is 3.72. The molecule has 0 aromatic carbocycles. The first-order valence-corrected chi connectivity index (χ1v) is 8.64. The highest BCUT2D eigenvalue weighted by Crippen LogP contribution is 2.33. The Kier molecular flexibility index (Phi) is 5.70. The van der Waals surface area contributed by atoms with Crippen LogP contribution in [-0.4, -0.2) is 36.1 Å². The molecule has 0 bridgehead atoms. The predicted molar refractivity (Wildman–Crippen MR) is 83.5 cm³/mol. The number of rotatable bonds is 4. The summed E-state index contributed by atoms with van der Waals surface area (Å²) in [7, 11) is 0. The monoisotopic (exact) mass is 266 g/mol. The van der Waals surface area contributed by atoms with Crippen LogP contribution in [0.25, 0.3) is 0 Å². The van der Waals surface area contributed by atoms with Crippen molar-refractivity contribution in [1.29, 1.82) is 0 Å². The zero-order valence-electron chi connectivity index (χ0n) is 13.5. The lowest BCUT2D eigenvalue weighted by Crippen LogP contribution is -2.59. The number of nitrogens with zero attached hydrogens (tertiary/aromatic N) is 1. The lowest BCUT2D eigenvalue weighted by molar-refractivity contribution is 0.0455. The molecule has 0 aromatic heterocycles. The molecule has 0 spiro atoms. The number of nitrogens with one attached hydrogen (secondary N) is 1. The fraction of sp³-hybridized carbons (Fsp3) is 1.00. The van der Waals surface area contributed by atoms with Crippen molar-refractivity contribution in [2.24, 2.45) is 11.8 Å². The molecule has 1 N–H and O–H groups in total. The van der Waals surface area contributed by atoms with Crippen molar-refractivity contribution in [3.05, 3.63) is 0 Å². The highest BCUT2D eigenvalue weighted by molar-refractivity contribution is 4.91. The molecule has 2 atom stereocenters. The largest absolute Gasteiger partial charge is 0.311 e. The smallest absolute Gasteiger partial charge is 0.0221 e. The molecule has 0 radical (unpaired) electrons. The van der Waals surface area contributed by atoms with E-state index in [9.17, 15) is 0 Å². The molecule has 0 aromatic rings. The van der Waals surface area contributed by atoms with Crippen molar-refractivity contribution in [3.8, 4) is 0 Å². The molecule has 1 saturated carbocycles. The highest BCUT2D eigenvalue weighted by atomic mass is 15.3. The van der Waals surface area contributed by atoms with Crippen LogP contribution in [0.4, 0.5) is 0 Å². The molecule has 2 nitrogen and oxygen atoms in total. The van der Waals surface area contributed by atoms with E-state index in [0.29, 0.717) is 0 Å². The molecule has 0 amide bonds. The van der Waals surface area contributed by atoms with Crippen LogP contribution in [0.1, 0.15) is 66.2 Å². The van der Waals surface area contributed by atoms with Gasteiger partial charge < -0.3 is 5.32 Å². The van der Waals surface area contributed by atoms with Gasteiger partial charge in [0.05, 0.1) is 0 Å². The number of piperazine rings is 1. The van der Waals surface area contributed by atoms with Gasteiger partial charge in [0.2, 0.25) is 0 Å². The van der Waals surface area contributed by atoms with Gasteiger partial charge in [0, 0.05) is 31.2 Å². The van der Waals surface area contributed by atoms with Crippen LogP contribution < -0.4 is 5.32 Å². The van der Waals surface area contributed by atoms with Crippen LogP contribution in [0.15, 0.2) is 0 Å². The van der Waals surface area contributed by atoms with E-state index in [4.69, 9.17) is 0 Å². The van der Waals surface area contributed by atoms with E-state index in [1.165, 1.54) is 51.6 Å². The maximum absolute atomic E-state index is 3.72. The van der Waals surface area contributed by atoms with Gasteiger partial charge in [0.25, 0.3) is 0 Å². The summed E-state index contributed by atoms with van der Waals surface area (Å²) in [6.07, 6.45) is 8.37. The summed E-state index contributed by atoms with van der Waals surface area (Å²) < 4.78 is 0. The Balaban J connectivity index is 1.91. The second-order valence-electron chi connectivity index (χ2n) is 7.08. The lowest BCUT2D eigenvalue weighted by atomic mass is 9.78. The molecule has 1 aliphatic heterocycles. The van der Waals surface area contributed by atoms with E-state index in [1.807, 2.05) is 0 Å². The fourth-order valence-electron chi connectivity index (χ4n) is 4.09. The highest BCUT2D eigenvalue weighted by Gasteiger charge is 2.33. The summed E-state index contributed by atoms with van der Waals surface area (Å²) in [4.78, 5) is 2.86. The summed E-state index contributed by atoms with van der Waals surface area (Å²) in [6, 6.07) is 2.38. The fourth-order valence-corrected chi connectivity index (χ4v) is 4.09. The summed E-state index contributed by atoms with van der Waals surface area (Å²) in [6.45, 7) is 12.0. The van der Waals surface area contributed by atoms with Crippen LogP contribution in [0.3, 0.4) is 0 Å². The molecule has 1 aliphatic carbocycles. The van der Waals surface area contributed by atoms with Gasteiger partial charge in [-0.1, -0.05) is 27.7 Å². The molecule has 2 aliphatic rings. The minimum Gasteiger partial charge on any atom is -0.311 e. The van der Waals surface area contributed by atoms with Gasteiger partial charge in [0.15, 0.2) is 0 Å². The molecule has 2 unspecified atom stereocenters. The van der Waals surface area contributed by atoms with Crippen molar-refractivity contribution in [1.82, 2.24) is 10.2 Å². The van der Waals surface area contributed by atoms with Crippen LogP contribution in [0.2, 0.25) is 0 Å². The number of hydrogen-bond donors (Lipinski definition) is 1. The van der Waals surface area contributed by atoms with Gasteiger partial charge in [0.1, 0.15) is 0 Å². The second-order valence-corrected chi connectivity index (χ2v) is 7.08. The normalized spacial score (nSPS) is 37.7. The summed E-state index contributed by atoms with van der Waals surface area (Å²) in [5.41, 5.74) is 0. The van der Waals surface area contributed by atoms with Gasteiger partial charge in [-0.3, -0.25) is 4.90 Å². The van der Waals surface area contributed by atoms with Crippen molar-refractivity contribution < 1.29 is 0 Å². The quantitative estimate of drug-likeness (QED) is 0.835. The van der Waals surface area contributed by atoms with E-state index >= 15 is 0 Å². The molecule has 2 rings (SSSR count). The molecule has 112 valence electrons. The first-order valence-electron chi connectivity index (χ1n) is 8.64. The Hall–Kier alpha value is -0.0800. The zero-order chi connectivity index (χ0) is 13.8. The molecule has 1 saturated heterocycles. The van der Waals surface area contributed by atoms with Crippen LogP contribution in [-0.2, 0) is 0 Å². The average molecular weight is 266 g/mol. The van der Waals surface area contributed by atoms with E-state index in [1.54, 1.807) is 0 Å². The molecule has 19 heavy (non-hydrogen) atoms. The molecule has 2 fully saturated rings. The zero-order valence-corrected chi connectivity index (χ0v) is 13.5.